The largest absolute Gasteiger partial charge is 0.478 e. The molecule has 1 aromatic heterocycles. The van der Waals surface area contributed by atoms with Crippen LogP contribution in [-0.2, 0) is 0 Å². The van der Waals surface area contributed by atoms with Crippen LogP contribution in [-0.4, -0.2) is 38.4 Å². The Bertz CT molecular complexity index is 676. The van der Waals surface area contributed by atoms with Gasteiger partial charge in [0, 0.05) is 0 Å². The zero-order valence-corrected chi connectivity index (χ0v) is 9.77. The van der Waals surface area contributed by atoms with Crippen molar-refractivity contribution in [3.8, 4) is 0 Å². The predicted molar refractivity (Wildman–Crippen MR) is 55.6 cm³/mol. The number of aromatic nitrogens is 3. The number of hydrogen-bond acceptors (Lipinski definition) is 3. The Morgan fingerprint density at radius 3 is 2.19 bits per heavy atom. The molecule has 0 unspecified atom stereocenters. The minimum atomic E-state index is -5.62. The monoisotopic (exact) mass is 313 g/mol. The Kier molecular flexibility index (Phi) is 3.30. The number of fused-ring (bicyclic) bond motifs is 1. The Balaban J connectivity index is 2.63. The molecular weight excluding hydrogens is 308 g/mol. The van der Waals surface area contributed by atoms with Gasteiger partial charge in [-0.05, 0) is 18.2 Å². The van der Waals surface area contributed by atoms with Gasteiger partial charge in [-0.2, -0.15) is 26.3 Å². The maximum Gasteiger partial charge on any atom is 0.419 e. The normalized spacial score (nSPS) is 13.1. The summed E-state index contributed by atoms with van der Waals surface area (Å²) in [5.41, 5.74) is -1.28. The number of halogens is 6. The summed E-state index contributed by atoms with van der Waals surface area (Å²) in [5, 5.41) is 14.7. The van der Waals surface area contributed by atoms with Crippen LogP contribution in [0.1, 0.15) is 16.4 Å². The minimum absolute atomic E-state index is 0.318. The summed E-state index contributed by atoms with van der Waals surface area (Å²) in [4.78, 5) is 10.7. The highest BCUT2D eigenvalue weighted by Crippen LogP contribution is 2.43. The van der Waals surface area contributed by atoms with Gasteiger partial charge in [0.15, 0.2) is 0 Å². The number of aromatic carboxylic acids is 1. The first-order valence-corrected chi connectivity index (χ1v) is 5.23. The van der Waals surface area contributed by atoms with Crippen molar-refractivity contribution in [2.75, 3.05) is 0 Å². The molecule has 0 saturated heterocycles. The first-order valence-electron chi connectivity index (χ1n) is 5.23. The van der Waals surface area contributed by atoms with Crippen molar-refractivity contribution in [2.24, 2.45) is 0 Å². The highest BCUT2D eigenvalue weighted by molar-refractivity contribution is 5.92. The van der Waals surface area contributed by atoms with Crippen LogP contribution in [0, 0.1) is 0 Å². The molecule has 0 aliphatic carbocycles. The summed E-state index contributed by atoms with van der Waals surface area (Å²) in [7, 11) is 0. The van der Waals surface area contributed by atoms with Gasteiger partial charge in [0.05, 0.1) is 11.1 Å². The van der Waals surface area contributed by atoms with E-state index in [2.05, 4.69) is 10.3 Å². The molecule has 0 radical (unpaired) electrons. The van der Waals surface area contributed by atoms with E-state index in [1.807, 2.05) is 0 Å². The molecule has 5 nitrogen and oxygen atoms in total. The standard InChI is InChI=1S/C10H5F6N3O2/c11-9(12,13)8(10(14,15)16)19-6-2-1-4(7(20)21)3-5(6)17-18-19/h1-3,8H,(H,20,21). The van der Waals surface area contributed by atoms with Crippen molar-refractivity contribution in [3.63, 3.8) is 0 Å². The average molecular weight is 313 g/mol. The van der Waals surface area contributed by atoms with Gasteiger partial charge in [0.2, 0.25) is 6.04 Å². The van der Waals surface area contributed by atoms with Crippen LogP contribution in [0.4, 0.5) is 26.3 Å². The van der Waals surface area contributed by atoms with E-state index in [1.165, 1.54) is 0 Å². The van der Waals surface area contributed by atoms with Crippen molar-refractivity contribution in [2.45, 2.75) is 18.4 Å². The zero-order chi connectivity index (χ0) is 16.0. The zero-order valence-electron chi connectivity index (χ0n) is 9.77. The Morgan fingerprint density at radius 1 is 1.14 bits per heavy atom. The van der Waals surface area contributed by atoms with Crippen LogP contribution in [0.15, 0.2) is 18.2 Å². The fourth-order valence-electron chi connectivity index (χ4n) is 1.73. The first-order chi connectivity index (χ1) is 9.51. The minimum Gasteiger partial charge on any atom is -0.478 e. The molecular formula is C10H5F6N3O2. The number of alkyl halides is 6. The van der Waals surface area contributed by atoms with Crippen LogP contribution in [0.2, 0.25) is 0 Å². The van der Waals surface area contributed by atoms with Gasteiger partial charge < -0.3 is 5.11 Å². The van der Waals surface area contributed by atoms with Crippen molar-refractivity contribution < 1.29 is 36.2 Å². The third-order valence-electron chi connectivity index (χ3n) is 2.58. The molecule has 0 aliphatic heterocycles. The molecule has 0 bridgehead atoms. The molecule has 0 atom stereocenters. The molecule has 21 heavy (non-hydrogen) atoms. The summed E-state index contributed by atoms with van der Waals surface area (Å²) in [6.07, 6.45) is -11.2. The molecule has 114 valence electrons. The van der Waals surface area contributed by atoms with Crippen molar-refractivity contribution >= 4 is 17.0 Å². The lowest BCUT2D eigenvalue weighted by atomic mass is 10.2. The van der Waals surface area contributed by atoms with Crippen LogP contribution >= 0.6 is 0 Å². The molecule has 2 rings (SSSR count). The van der Waals surface area contributed by atoms with Crippen LogP contribution in [0.25, 0.3) is 11.0 Å². The molecule has 0 fully saturated rings. The SMILES string of the molecule is O=C(O)c1ccc2c(c1)nnn2C(C(F)(F)F)C(F)(F)F. The second-order valence-corrected chi connectivity index (χ2v) is 4.03. The molecule has 2 aromatic rings. The first kappa shape index (κ1) is 15.1. The Morgan fingerprint density at radius 2 is 1.71 bits per heavy atom. The maximum atomic E-state index is 12.6. The fourth-order valence-corrected chi connectivity index (χ4v) is 1.73. The van der Waals surface area contributed by atoms with Crippen LogP contribution in [0.5, 0.6) is 0 Å². The molecule has 0 spiro atoms. The number of carboxylic acid groups (broad SMARTS) is 1. The highest BCUT2D eigenvalue weighted by atomic mass is 19.4. The van der Waals surface area contributed by atoms with E-state index in [4.69, 9.17) is 5.11 Å². The molecule has 0 aliphatic rings. The van der Waals surface area contributed by atoms with E-state index in [1.54, 1.807) is 0 Å². The second-order valence-electron chi connectivity index (χ2n) is 4.03. The van der Waals surface area contributed by atoms with Crippen molar-refractivity contribution in [1.82, 2.24) is 15.0 Å². The van der Waals surface area contributed by atoms with Gasteiger partial charge in [-0.1, -0.05) is 5.21 Å². The summed E-state index contributed by atoms with van der Waals surface area (Å²) in [6, 6.07) is -1.35. The lowest BCUT2D eigenvalue weighted by Crippen LogP contribution is -2.39. The smallest absolute Gasteiger partial charge is 0.419 e. The number of rotatable bonds is 2. The second kappa shape index (κ2) is 4.60. The van der Waals surface area contributed by atoms with E-state index >= 15 is 0 Å². The summed E-state index contributed by atoms with van der Waals surface area (Å²) in [6.45, 7) is 0. The molecule has 1 heterocycles. The van der Waals surface area contributed by atoms with E-state index in [-0.39, 0.29) is 15.8 Å². The van der Waals surface area contributed by atoms with Crippen molar-refractivity contribution in [1.29, 1.82) is 0 Å². The quantitative estimate of drug-likeness (QED) is 0.866. The Labute approximate surface area is 111 Å². The molecule has 11 heteroatoms. The third kappa shape index (κ3) is 2.76. The number of nitrogens with zero attached hydrogens (tertiary/aromatic N) is 3. The molecule has 1 N–H and O–H groups in total. The maximum absolute atomic E-state index is 12.6. The van der Waals surface area contributed by atoms with E-state index in [9.17, 15) is 31.1 Å². The number of hydrogen-bond donors (Lipinski definition) is 1. The van der Waals surface area contributed by atoms with Gasteiger partial charge >= 0.3 is 18.3 Å². The molecule has 1 aromatic carbocycles. The fraction of sp³-hybridized carbons (Fsp3) is 0.300. The lowest BCUT2D eigenvalue weighted by Gasteiger charge is -2.23. The average Bonchev–Trinajstić information content (AvgIpc) is 2.68. The predicted octanol–water partition coefficient (Wildman–Crippen LogP) is 2.80. The van der Waals surface area contributed by atoms with E-state index < -0.39 is 29.9 Å². The highest BCUT2D eigenvalue weighted by Gasteiger charge is 2.59. The van der Waals surface area contributed by atoms with E-state index in [0.29, 0.717) is 0 Å². The summed E-state index contributed by atoms with van der Waals surface area (Å²) in [5.74, 6) is -1.39. The van der Waals surface area contributed by atoms with Crippen LogP contribution in [0.3, 0.4) is 0 Å². The van der Waals surface area contributed by atoms with Gasteiger partial charge in [-0.15, -0.1) is 5.10 Å². The van der Waals surface area contributed by atoms with E-state index in [0.717, 1.165) is 18.2 Å². The number of benzene rings is 1. The topological polar surface area (TPSA) is 68.0 Å². The molecule has 0 amide bonds. The molecule has 0 saturated carbocycles. The number of carbonyl (C=O) groups is 1. The third-order valence-corrected chi connectivity index (χ3v) is 2.58. The van der Waals surface area contributed by atoms with Gasteiger partial charge in [0.25, 0.3) is 0 Å². The lowest BCUT2D eigenvalue weighted by molar-refractivity contribution is -0.276. The van der Waals surface area contributed by atoms with Gasteiger partial charge in [-0.25, -0.2) is 9.48 Å². The summed E-state index contributed by atoms with van der Waals surface area (Å²) < 4.78 is 75.4. The Hall–Kier alpha value is -2.33. The summed E-state index contributed by atoms with van der Waals surface area (Å²) >= 11 is 0. The van der Waals surface area contributed by atoms with Crippen LogP contribution < -0.4 is 0 Å². The van der Waals surface area contributed by atoms with Gasteiger partial charge in [0.1, 0.15) is 5.52 Å². The number of carboxylic acids is 1. The van der Waals surface area contributed by atoms with Crippen molar-refractivity contribution in [3.05, 3.63) is 23.8 Å². The van der Waals surface area contributed by atoms with Gasteiger partial charge in [-0.3, -0.25) is 0 Å².